The fourth-order valence-electron chi connectivity index (χ4n) is 2.10. The molecule has 0 unspecified atom stereocenters. The number of likely N-dealkylation sites (tertiary alicyclic amines) is 1. The van der Waals surface area contributed by atoms with Gasteiger partial charge >= 0.3 is 0 Å². The molecule has 0 radical (unpaired) electrons. The normalized spacial score (nSPS) is 14.6. The van der Waals surface area contributed by atoms with Crippen molar-refractivity contribution in [3.05, 3.63) is 35.1 Å². The molecule has 1 amide bonds. The van der Waals surface area contributed by atoms with Gasteiger partial charge in [0.25, 0.3) is 0 Å². The Kier molecular flexibility index (Phi) is 4.40. The summed E-state index contributed by atoms with van der Waals surface area (Å²) >= 11 is 0. The van der Waals surface area contributed by atoms with E-state index in [2.05, 4.69) is 0 Å². The summed E-state index contributed by atoms with van der Waals surface area (Å²) in [4.78, 5) is 35.7. The van der Waals surface area contributed by atoms with Crippen LogP contribution in [0.3, 0.4) is 0 Å². The second kappa shape index (κ2) is 6.07. The Morgan fingerprint density at radius 2 is 1.76 bits per heavy atom. The molecular formula is C14H12F3NO3. The molecule has 0 atom stereocenters. The van der Waals surface area contributed by atoms with E-state index in [-0.39, 0.29) is 30.9 Å². The van der Waals surface area contributed by atoms with Crippen molar-refractivity contribution in [3.8, 4) is 0 Å². The van der Waals surface area contributed by atoms with Gasteiger partial charge in [0.2, 0.25) is 5.91 Å². The number of hydrogen-bond donors (Lipinski definition) is 0. The molecule has 1 aromatic carbocycles. The van der Waals surface area contributed by atoms with Gasteiger partial charge in [0, 0.05) is 25.5 Å². The maximum absolute atomic E-state index is 13.4. The molecule has 0 N–H and O–H groups in total. The topological polar surface area (TPSA) is 54.5 Å². The SMILES string of the molecule is O=C(CC(=O)N1CCC(=O)C1)Cc1cc(F)c(F)cc1F. The van der Waals surface area contributed by atoms with Gasteiger partial charge in [-0.2, -0.15) is 0 Å². The minimum Gasteiger partial charge on any atom is -0.335 e. The highest BCUT2D eigenvalue weighted by atomic mass is 19.2. The average Bonchev–Trinajstić information content (AvgIpc) is 2.82. The van der Waals surface area contributed by atoms with Crippen LogP contribution in [-0.2, 0) is 20.8 Å². The minimum absolute atomic E-state index is 0.0222. The number of nitrogens with zero attached hydrogens (tertiary/aromatic N) is 1. The zero-order valence-corrected chi connectivity index (χ0v) is 11.0. The summed E-state index contributed by atoms with van der Waals surface area (Å²) in [5.74, 6) is -4.85. The van der Waals surface area contributed by atoms with Crippen molar-refractivity contribution in [1.29, 1.82) is 0 Å². The number of carbonyl (C=O) groups is 3. The Morgan fingerprint density at radius 1 is 1.10 bits per heavy atom. The lowest BCUT2D eigenvalue weighted by Gasteiger charge is -2.13. The van der Waals surface area contributed by atoms with Crippen LogP contribution in [0.1, 0.15) is 18.4 Å². The third-order valence-corrected chi connectivity index (χ3v) is 3.21. The first-order valence-corrected chi connectivity index (χ1v) is 6.31. The predicted octanol–water partition coefficient (Wildman–Crippen LogP) is 1.41. The van der Waals surface area contributed by atoms with Crippen LogP contribution < -0.4 is 0 Å². The molecule has 1 aromatic rings. The van der Waals surface area contributed by atoms with E-state index in [1.807, 2.05) is 0 Å². The molecule has 21 heavy (non-hydrogen) atoms. The Bertz CT molecular complexity index is 616. The van der Waals surface area contributed by atoms with Crippen LogP contribution in [0, 0.1) is 17.5 Å². The maximum atomic E-state index is 13.4. The second-order valence-corrected chi connectivity index (χ2v) is 4.85. The van der Waals surface area contributed by atoms with Gasteiger partial charge in [0.05, 0.1) is 13.0 Å². The Labute approximate surface area is 118 Å². The number of ketones is 2. The molecular weight excluding hydrogens is 287 g/mol. The number of benzene rings is 1. The van der Waals surface area contributed by atoms with Gasteiger partial charge in [-0.3, -0.25) is 14.4 Å². The molecule has 1 aliphatic rings. The number of rotatable bonds is 4. The number of carbonyl (C=O) groups excluding carboxylic acids is 3. The number of amides is 1. The van der Waals surface area contributed by atoms with Crippen molar-refractivity contribution < 1.29 is 27.6 Å². The first kappa shape index (κ1) is 15.2. The van der Waals surface area contributed by atoms with Gasteiger partial charge in [-0.15, -0.1) is 0 Å². The molecule has 0 aliphatic carbocycles. The van der Waals surface area contributed by atoms with E-state index in [0.29, 0.717) is 12.1 Å². The van der Waals surface area contributed by atoms with E-state index in [1.165, 1.54) is 4.90 Å². The molecule has 1 heterocycles. The quantitative estimate of drug-likeness (QED) is 0.624. The summed E-state index contributed by atoms with van der Waals surface area (Å²) < 4.78 is 39.1. The van der Waals surface area contributed by atoms with E-state index in [1.54, 1.807) is 0 Å². The standard InChI is InChI=1S/C14H12F3NO3/c15-11-6-13(17)12(16)4-8(11)3-10(20)5-14(21)18-2-1-9(19)7-18/h4,6H,1-3,5,7H2. The molecule has 0 aromatic heterocycles. The summed E-state index contributed by atoms with van der Waals surface area (Å²) in [5, 5.41) is 0. The van der Waals surface area contributed by atoms with E-state index in [0.717, 1.165) is 0 Å². The second-order valence-electron chi connectivity index (χ2n) is 4.85. The largest absolute Gasteiger partial charge is 0.335 e. The molecule has 1 saturated heterocycles. The van der Waals surface area contributed by atoms with Crippen molar-refractivity contribution in [2.45, 2.75) is 19.3 Å². The lowest BCUT2D eigenvalue weighted by atomic mass is 10.1. The van der Waals surface area contributed by atoms with E-state index in [4.69, 9.17) is 0 Å². The molecule has 1 aliphatic heterocycles. The zero-order chi connectivity index (χ0) is 15.6. The van der Waals surface area contributed by atoms with Crippen molar-refractivity contribution in [3.63, 3.8) is 0 Å². The molecule has 0 saturated carbocycles. The highest BCUT2D eigenvalue weighted by Crippen LogP contribution is 2.15. The molecule has 1 fully saturated rings. The van der Waals surface area contributed by atoms with Crippen LogP contribution >= 0.6 is 0 Å². The van der Waals surface area contributed by atoms with Crippen molar-refractivity contribution in [2.24, 2.45) is 0 Å². The van der Waals surface area contributed by atoms with Crippen molar-refractivity contribution >= 4 is 17.5 Å². The van der Waals surface area contributed by atoms with Gasteiger partial charge in [-0.25, -0.2) is 13.2 Å². The highest BCUT2D eigenvalue weighted by molar-refractivity contribution is 6.01. The van der Waals surface area contributed by atoms with Crippen LogP contribution in [0.5, 0.6) is 0 Å². The highest BCUT2D eigenvalue weighted by Gasteiger charge is 2.25. The number of hydrogen-bond acceptors (Lipinski definition) is 3. The van der Waals surface area contributed by atoms with Gasteiger partial charge in [-0.05, 0) is 11.6 Å². The third kappa shape index (κ3) is 3.68. The molecule has 0 bridgehead atoms. The fourth-order valence-corrected chi connectivity index (χ4v) is 2.10. The predicted molar refractivity (Wildman–Crippen MR) is 65.8 cm³/mol. The maximum Gasteiger partial charge on any atom is 0.230 e. The third-order valence-electron chi connectivity index (χ3n) is 3.21. The molecule has 2 rings (SSSR count). The van der Waals surface area contributed by atoms with Gasteiger partial charge in [0.15, 0.2) is 17.4 Å². The summed E-state index contributed by atoms with van der Waals surface area (Å²) in [7, 11) is 0. The summed E-state index contributed by atoms with van der Waals surface area (Å²) in [6.45, 7) is 0.246. The van der Waals surface area contributed by atoms with Gasteiger partial charge in [-0.1, -0.05) is 0 Å². The average molecular weight is 299 g/mol. The number of halogens is 3. The first-order valence-electron chi connectivity index (χ1n) is 6.31. The Balaban J connectivity index is 1.97. The summed E-state index contributed by atoms with van der Waals surface area (Å²) in [6.07, 6.45) is -0.736. The van der Waals surface area contributed by atoms with Crippen LogP contribution in [0.15, 0.2) is 12.1 Å². The van der Waals surface area contributed by atoms with Gasteiger partial charge in [0.1, 0.15) is 11.6 Å². The lowest BCUT2D eigenvalue weighted by Crippen LogP contribution is -2.30. The minimum atomic E-state index is -1.34. The lowest BCUT2D eigenvalue weighted by molar-refractivity contribution is -0.135. The fraction of sp³-hybridized carbons (Fsp3) is 0.357. The van der Waals surface area contributed by atoms with Crippen molar-refractivity contribution in [1.82, 2.24) is 4.90 Å². The van der Waals surface area contributed by atoms with E-state index in [9.17, 15) is 27.6 Å². The van der Waals surface area contributed by atoms with Crippen LogP contribution in [-0.4, -0.2) is 35.5 Å². The molecule has 7 heteroatoms. The Morgan fingerprint density at radius 3 is 2.38 bits per heavy atom. The summed E-state index contributed by atoms with van der Waals surface area (Å²) in [6, 6.07) is 0.964. The van der Waals surface area contributed by atoms with Crippen LogP contribution in [0.25, 0.3) is 0 Å². The molecule has 4 nitrogen and oxygen atoms in total. The van der Waals surface area contributed by atoms with Gasteiger partial charge < -0.3 is 4.90 Å². The summed E-state index contributed by atoms with van der Waals surface area (Å²) in [5.41, 5.74) is -0.302. The van der Waals surface area contributed by atoms with Crippen molar-refractivity contribution in [2.75, 3.05) is 13.1 Å². The Hall–Kier alpha value is -2.18. The first-order chi connectivity index (χ1) is 9.86. The number of Topliss-reactive ketones (excluding diaryl/α,β-unsaturated/α-hetero) is 2. The molecule has 0 spiro atoms. The van der Waals surface area contributed by atoms with E-state index < -0.39 is 42.0 Å². The van der Waals surface area contributed by atoms with Crippen LogP contribution in [0.2, 0.25) is 0 Å². The zero-order valence-electron chi connectivity index (χ0n) is 11.0. The molecule has 112 valence electrons. The van der Waals surface area contributed by atoms with E-state index >= 15 is 0 Å². The smallest absolute Gasteiger partial charge is 0.230 e. The van der Waals surface area contributed by atoms with Crippen LogP contribution in [0.4, 0.5) is 13.2 Å². The monoisotopic (exact) mass is 299 g/mol.